The second-order valence-electron chi connectivity index (χ2n) is 9.52. The van der Waals surface area contributed by atoms with Gasteiger partial charge in [-0.3, -0.25) is 14.4 Å². The molecule has 0 aromatic rings. The third-order valence-corrected chi connectivity index (χ3v) is 6.33. The highest BCUT2D eigenvalue weighted by atomic mass is 16.2. The van der Waals surface area contributed by atoms with Crippen LogP contribution in [0.5, 0.6) is 0 Å². The molecule has 0 bridgehead atoms. The minimum absolute atomic E-state index is 0.0575. The van der Waals surface area contributed by atoms with Crippen LogP contribution >= 0.6 is 0 Å². The van der Waals surface area contributed by atoms with Crippen molar-refractivity contribution in [3.05, 3.63) is 0 Å². The van der Waals surface area contributed by atoms with Gasteiger partial charge in [-0.1, -0.05) is 27.7 Å². The first-order chi connectivity index (χ1) is 16.1. The molecule has 1 rings (SSSR count). The number of hydrazone groups is 1. The average molecular weight is 481 g/mol. The van der Waals surface area contributed by atoms with Crippen molar-refractivity contribution >= 4 is 29.7 Å². The van der Waals surface area contributed by atoms with Crippen LogP contribution in [0.15, 0.2) is 5.10 Å². The summed E-state index contributed by atoms with van der Waals surface area (Å²) in [6, 6.07) is -1.91. The number of hydrogen-bond acceptors (Lipinski definition) is 7. The van der Waals surface area contributed by atoms with Crippen molar-refractivity contribution in [2.45, 2.75) is 91.3 Å². The van der Waals surface area contributed by atoms with Gasteiger partial charge < -0.3 is 21.7 Å². The van der Waals surface area contributed by atoms with Gasteiger partial charge in [0.1, 0.15) is 5.78 Å². The van der Waals surface area contributed by atoms with Crippen LogP contribution in [0.1, 0.15) is 73.1 Å². The quantitative estimate of drug-likeness (QED) is 0.187. The van der Waals surface area contributed by atoms with Crippen molar-refractivity contribution in [1.82, 2.24) is 21.4 Å². The molecule has 1 aliphatic carbocycles. The number of nitrogens with one attached hydrogen (secondary N) is 4. The monoisotopic (exact) mass is 480 g/mol. The summed E-state index contributed by atoms with van der Waals surface area (Å²) < 4.78 is 0. The zero-order chi connectivity index (χ0) is 25.7. The molecular formula is C24H44N6O4. The molecule has 0 radical (unpaired) electrons. The number of carbonyl (C=O) groups is 4. The van der Waals surface area contributed by atoms with Crippen molar-refractivity contribution in [2.75, 3.05) is 13.1 Å². The zero-order valence-corrected chi connectivity index (χ0v) is 21.4. The Morgan fingerprint density at radius 3 is 2.24 bits per heavy atom. The van der Waals surface area contributed by atoms with E-state index in [2.05, 4.69) is 26.5 Å². The Kier molecular flexibility index (Phi) is 13.6. The number of urea groups is 1. The molecule has 0 saturated heterocycles. The molecule has 1 aliphatic rings. The van der Waals surface area contributed by atoms with E-state index in [1.54, 1.807) is 13.1 Å². The smallest absolute Gasteiger partial charge is 0.335 e. The Morgan fingerprint density at radius 2 is 1.71 bits per heavy atom. The lowest BCUT2D eigenvalue weighted by atomic mass is 9.79. The largest absolute Gasteiger partial charge is 0.345 e. The van der Waals surface area contributed by atoms with Gasteiger partial charge in [-0.2, -0.15) is 5.10 Å². The first-order valence-electron chi connectivity index (χ1n) is 12.5. The minimum Gasteiger partial charge on any atom is -0.345 e. The number of nitrogens with two attached hydrogens (primary N) is 1. The topological polar surface area (TPSA) is 155 Å². The van der Waals surface area contributed by atoms with Gasteiger partial charge in [-0.15, -0.1) is 0 Å². The lowest BCUT2D eigenvalue weighted by Gasteiger charge is -2.27. The highest BCUT2D eigenvalue weighted by molar-refractivity contribution is 5.92. The summed E-state index contributed by atoms with van der Waals surface area (Å²) in [6.45, 7) is 9.75. The lowest BCUT2D eigenvalue weighted by molar-refractivity contribution is -0.128. The standard InChI is InChI=1S/C24H44N6O4/c1-6-19(26-14-21(32)22(15(3)4)29-23(33)16(5)25)13-28-30-24(34)27-12-17-8-10-18(11-9-17)20(31)7-2/h13,15-19,22,26H,6-12,14,25H2,1-5H3,(H,29,33)(H2,27,30,34)/b28-13+/t16?,17?,18?,19-,22-/m0/s1. The molecule has 10 heteroatoms. The maximum absolute atomic E-state index is 12.6. The second-order valence-corrected chi connectivity index (χ2v) is 9.52. The van der Waals surface area contributed by atoms with E-state index in [0.717, 1.165) is 25.7 Å². The van der Waals surface area contributed by atoms with E-state index in [4.69, 9.17) is 5.73 Å². The molecule has 0 aromatic carbocycles. The predicted molar refractivity (Wildman–Crippen MR) is 133 cm³/mol. The normalized spacial score (nSPS) is 21.0. The summed E-state index contributed by atoms with van der Waals surface area (Å²) in [5.74, 6) is 0.326. The second kappa shape index (κ2) is 15.5. The summed E-state index contributed by atoms with van der Waals surface area (Å²) in [5, 5.41) is 12.6. The van der Waals surface area contributed by atoms with Crippen LogP contribution in [0.2, 0.25) is 0 Å². The number of hydrogen-bond donors (Lipinski definition) is 5. The van der Waals surface area contributed by atoms with Gasteiger partial charge in [-0.25, -0.2) is 10.2 Å². The molecule has 1 fully saturated rings. The minimum atomic E-state index is -0.685. The molecule has 1 saturated carbocycles. The first kappa shape index (κ1) is 29.7. The van der Waals surface area contributed by atoms with Gasteiger partial charge in [0, 0.05) is 31.1 Å². The molecule has 0 aliphatic heterocycles. The predicted octanol–water partition coefficient (Wildman–Crippen LogP) is 1.48. The van der Waals surface area contributed by atoms with Gasteiger partial charge in [0.25, 0.3) is 0 Å². The van der Waals surface area contributed by atoms with Crippen LogP contribution in [-0.2, 0) is 14.4 Å². The highest BCUT2D eigenvalue weighted by Crippen LogP contribution is 2.29. The fourth-order valence-electron chi connectivity index (χ4n) is 3.99. The maximum Gasteiger partial charge on any atom is 0.335 e. The highest BCUT2D eigenvalue weighted by Gasteiger charge is 2.26. The molecule has 0 spiro atoms. The number of carbonyl (C=O) groups excluding carboxylic acids is 4. The summed E-state index contributed by atoms with van der Waals surface area (Å²) in [7, 11) is 0. The van der Waals surface area contributed by atoms with Crippen molar-refractivity contribution in [2.24, 2.45) is 28.6 Å². The Hall–Kier alpha value is -2.33. The van der Waals surface area contributed by atoms with Gasteiger partial charge >= 0.3 is 6.03 Å². The SMILES string of the molecule is CCC(=O)C1CCC(CNC(=O)N/N=C/[C@H](CC)NCC(=O)[C@@H](NC(=O)C(C)N)C(C)C)CC1. The zero-order valence-electron chi connectivity index (χ0n) is 21.4. The van der Waals surface area contributed by atoms with E-state index in [-0.39, 0.29) is 42.1 Å². The molecule has 1 unspecified atom stereocenters. The molecule has 3 atom stereocenters. The van der Waals surface area contributed by atoms with Gasteiger partial charge in [-0.05, 0) is 50.9 Å². The molecule has 0 aromatic heterocycles. The molecule has 3 amide bonds. The van der Waals surface area contributed by atoms with Crippen LogP contribution in [0.3, 0.4) is 0 Å². The van der Waals surface area contributed by atoms with Crippen LogP contribution < -0.4 is 27.1 Å². The molecule has 194 valence electrons. The van der Waals surface area contributed by atoms with Crippen molar-refractivity contribution in [3.8, 4) is 0 Å². The average Bonchev–Trinajstić information content (AvgIpc) is 2.82. The molecular weight excluding hydrogens is 436 g/mol. The molecule has 10 nitrogen and oxygen atoms in total. The Balaban J connectivity index is 2.38. The van der Waals surface area contributed by atoms with Crippen LogP contribution in [-0.4, -0.2) is 60.9 Å². The molecule has 6 N–H and O–H groups in total. The number of ketones is 2. The van der Waals surface area contributed by atoms with Crippen molar-refractivity contribution in [3.63, 3.8) is 0 Å². The summed E-state index contributed by atoms with van der Waals surface area (Å²) in [4.78, 5) is 48.3. The fourth-order valence-corrected chi connectivity index (χ4v) is 3.99. The van der Waals surface area contributed by atoms with E-state index in [1.807, 2.05) is 27.7 Å². The third-order valence-electron chi connectivity index (χ3n) is 6.33. The van der Waals surface area contributed by atoms with Crippen LogP contribution in [0.25, 0.3) is 0 Å². The van der Waals surface area contributed by atoms with E-state index in [0.29, 0.717) is 31.1 Å². The number of amides is 3. The summed E-state index contributed by atoms with van der Waals surface area (Å²) >= 11 is 0. The summed E-state index contributed by atoms with van der Waals surface area (Å²) in [5.41, 5.74) is 8.04. The van der Waals surface area contributed by atoms with Gasteiger partial charge in [0.2, 0.25) is 5.91 Å². The van der Waals surface area contributed by atoms with E-state index >= 15 is 0 Å². The molecule has 0 heterocycles. The van der Waals surface area contributed by atoms with Crippen molar-refractivity contribution < 1.29 is 19.2 Å². The molecule has 34 heavy (non-hydrogen) atoms. The van der Waals surface area contributed by atoms with Crippen LogP contribution in [0, 0.1) is 17.8 Å². The maximum atomic E-state index is 12.6. The third kappa shape index (κ3) is 10.7. The Morgan fingerprint density at radius 1 is 1.06 bits per heavy atom. The number of rotatable bonds is 14. The fraction of sp³-hybridized carbons (Fsp3) is 0.792. The van der Waals surface area contributed by atoms with E-state index in [1.165, 1.54) is 0 Å². The first-order valence-corrected chi connectivity index (χ1v) is 12.5. The lowest BCUT2D eigenvalue weighted by Crippen LogP contribution is -2.52. The summed E-state index contributed by atoms with van der Waals surface area (Å²) in [6.07, 6.45) is 6.49. The van der Waals surface area contributed by atoms with E-state index < -0.39 is 12.1 Å². The number of nitrogens with zero attached hydrogens (tertiary/aromatic N) is 1. The van der Waals surface area contributed by atoms with Crippen molar-refractivity contribution in [1.29, 1.82) is 0 Å². The van der Waals surface area contributed by atoms with Gasteiger partial charge in [0.15, 0.2) is 5.78 Å². The van der Waals surface area contributed by atoms with Gasteiger partial charge in [0.05, 0.1) is 18.6 Å². The van der Waals surface area contributed by atoms with Crippen LogP contribution in [0.4, 0.5) is 4.79 Å². The number of Topliss-reactive ketones (excluding diaryl/α,β-unsaturated/α-hetero) is 2. The Labute approximate surface area is 203 Å². The van der Waals surface area contributed by atoms with E-state index in [9.17, 15) is 19.2 Å². The Bertz CT molecular complexity index is 702.